The fraction of sp³-hybridized carbons (Fsp3) is 0.900. The van der Waals surface area contributed by atoms with Crippen LogP contribution < -0.4 is 5.32 Å². The van der Waals surface area contributed by atoms with E-state index in [1.165, 1.54) is 366 Å². The van der Waals surface area contributed by atoms with Gasteiger partial charge in [-0.25, -0.2) is 0 Å². The largest absolute Gasteiger partial charge is 0.466 e. The van der Waals surface area contributed by atoms with Gasteiger partial charge < -0.3 is 20.3 Å². The molecule has 0 spiro atoms. The van der Waals surface area contributed by atoms with Gasteiger partial charge in [-0.15, -0.1) is 0 Å². The van der Waals surface area contributed by atoms with Gasteiger partial charge in [0.1, 0.15) is 0 Å². The Bertz CT molecular complexity index is 1390. The summed E-state index contributed by atoms with van der Waals surface area (Å²) in [5.41, 5.74) is 0. The summed E-state index contributed by atoms with van der Waals surface area (Å²) in [5, 5.41) is 23.3. The molecule has 0 saturated heterocycles. The minimum absolute atomic E-state index is 0.0159. The molecule has 508 valence electrons. The number of hydrogen-bond acceptors (Lipinski definition) is 5. The molecule has 0 saturated carbocycles. The summed E-state index contributed by atoms with van der Waals surface area (Å²) in [5.74, 6) is -0.0507. The number of carbonyl (C=O) groups is 2. The minimum Gasteiger partial charge on any atom is -0.466 e. The molecule has 0 aromatic rings. The zero-order valence-corrected chi connectivity index (χ0v) is 58.3. The lowest BCUT2D eigenvalue weighted by Gasteiger charge is -2.20. The Balaban J connectivity index is 3.42. The summed E-state index contributed by atoms with van der Waals surface area (Å²) in [6, 6.07) is -0.632. The number of hydrogen-bond donors (Lipinski definition) is 3. The van der Waals surface area contributed by atoms with E-state index in [9.17, 15) is 19.8 Å². The first kappa shape index (κ1) is 84.1. The van der Waals surface area contributed by atoms with Crippen molar-refractivity contribution in [1.82, 2.24) is 5.32 Å². The van der Waals surface area contributed by atoms with E-state index in [2.05, 4.69) is 43.5 Å². The highest BCUT2D eigenvalue weighted by Gasteiger charge is 2.18. The average Bonchev–Trinajstić information content (AvgIpc) is 3.54. The molecule has 2 unspecified atom stereocenters. The molecule has 3 N–H and O–H groups in total. The summed E-state index contributed by atoms with van der Waals surface area (Å²) < 4.78 is 5.51. The highest BCUT2D eigenvalue weighted by atomic mass is 16.5. The first-order chi connectivity index (χ1) is 42.5. The van der Waals surface area contributed by atoms with Crippen molar-refractivity contribution >= 4 is 11.9 Å². The van der Waals surface area contributed by atoms with Crippen molar-refractivity contribution in [3.8, 4) is 0 Å². The fourth-order valence-corrected chi connectivity index (χ4v) is 12.4. The predicted octanol–water partition coefficient (Wildman–Crippen LogP) is 25.8. The molecule has 0 aliphatic rings. The first-order valence-corrected chi connectivity index (χ1v) is 39.3. The number of amides is 1. The van der Waals surface area contributed by atoms with E-state index in [1.807, 2.05) is 6.08 Å². The van der Waals surface area contributed by atoms with Gasteiger partial charge in [-0.3, -0.25) is 9.59 Å². The topological polar surface area (TPSA) is 95.9 Å². The summed E-state index contributed by atoms with van der Waals surface area (Å²) in [6.45, 7) is 4.95. The Morgan fingerprint density at radius 3 is 0.884 bits per heavy atom. The van der Waals surface area contributed by atoms with Gasteiger partial charge in [0.15, 0.2) is 0 Å². The standard InChI is InChI=1S/C80H153NO5/c1-3-5-7-9-11-13-15-17-19-21-23-24-30-33-37-40-44-48-52-56-60-64-68-72-78(83)77(76-82)81-79(84)73-69-65-61-57-53-49-45-41-38-34-31-28-26-25-27-29-32-35-39-43-47-51-55-59-63-67-71-75-86-80(85)74-70-66-62-58-54-50-46-42-36-22-20-18-16-14-12-10-8-6-4-2/h25-26,29,32,68,72,77-78,82-83H,3-24,27-28,30-31,33-67,69-71,73-76H2,1-2H3,(H,81,84)/b26-25-,32-29-,72-68+. The minimum atomic E-state index is -0.849. The van der Waals surface area contributed by atoms with Gasteiger partial charge in [0.25, 0.3) is 0 Å². The van der Waals surface area contributed by atoms with Crippen molar-refractivity contribution in [2.75, 3.05) is 13.2 Å². The van der Waals surface area contributed by atoms with Gasteiger partial charge in [-0.05, 0) is 64.2 Å². The lowest BCUT2D eigenvalue weighted by atomic mass is 10.0. The van der Waals surface area contributed by atoms with Gasteiger partial charge in [-0.2, -0.15) is 0 Å². The van der Waals surface area contributed by atoms with Crippen LogP contribution in [0.1, 0.15) is 438 Å². The van der Waals surface area contributed by atoms with Crippen molar-refractivity contribution < 1.29 is 24.5 Å². The van der Waals surface area contributed by atoms with Crippen molar-refractivity contribution in [2.45, 2.75) is 450 Å². The third-order valence-electron chi connectivity index (χ3n) is 18.4. The summed E-state index contributed by atoms with van der Waals surface area (Å²) in [7, 11) is 0. The van der Waals surface area contributed by atoms with Crippen LogP contribution in [0.2, 0.25) is 0 Å². The first-order valence-electron chi connectivity index (χ1n) is 39.3. The Kier molecular flexibility index (Phi) is 73.9. The second kappa shape index (κ2) is 75.5. The zero-order valence-electron chi connectivity index (χ0n) is 58.3. The maximum absolute atomic E-state index is 12.5. The molecule has 0 rings (SSSR count). The Morgan fingerprint density at radius 1 is 0.326 bits per heavy atom. The normalized spacial score (nSPS) is 12.7. The van der Waals surface area contributed by atoms with Gasteiger partial charge >= 0.3 is 5.97 Å². The molecule has 0 fully saturated rings. The molecule has 86 heavy (non-hydrogen) atoms. The van der Waals surface area contributed by atoms with E-state index in [1.54, 1.807) is 6.08 Å². The van der Waals surface area contributed by atoms with Crippen LogP contribution in [-0.4, -0.2) is 47.4 Å². The van der Waals surface area contributed by atoms with E-state index >= 15 is 0 Å². The van der Waals surface area contributed by atoms with Gasteiger partial charge in [0, 0.05) is 12.8 Å². The number of rotatable bonds is 74. The van der Waals surface area contributed by atoms with Crippen molar-refractivity contribution in [2.24, 2.45) is 0 Å². The third kappa shape index (κ3) is 71.2. The molecule has 0 radical (unpaired) electrons. The maximum Gasteiger partial charge on any atom is 0.305 e. The van der Waals surface area contributed by atoms with E-state index in [4.69, 9.17) is 4.74 Å². The zero-order chi connectivity index (χ0) is 62.0. The molecule has 0 aromatic carbocycles. The summed E-state index contributed by atoms with van der Waals surface area (Å²) in [4.78, 5) is 24.7. The summed E-state index contributed by atoms with van der Waals surface area (Å²) >= 11 is 0. The SMILES string of the molecule is CCCCCCCCCCCCCCCCCCCCCCC/C=C/C(O)C(CO)NC(=O)CCCCCCCCCCCCC/C=C\C/C=C\CCCCCCCCCCCOC(=O)CCCCCCCCCCCCCCCCCCCCC. The smallest absolute Gasteiger partial charge is 0.305 e. The van der Waals surface area contributed by atoms with E-state index < -0.39 is 12.1 Å². The molecule has 2 atom stereocenters. The molecule has 1 amide bonds. The van der Waals surface area contributed by atoms with Crippen LogP contribution in [0.25, 0.3) is 0 Å². The number of nitrogens with one attached hydrogen (secondary N) is 1. The van der Waals surface area contributed by atoms with Crippen LogP contribution in [0.4, 0.5) is 0 Å². The number of aliphatic hydroxyl groups is 2. The van der Waals surface area contributed by atoms with Crippen LogP contribution in [0.5, 0.6) is 0 Å². The Hall–Kier alpha value is -1.92. The van der Waals surface area contributed by atoms with Crippen LogP contribution in [0.15, 0.2) is 36.5 Å². The van der Waals surface area contributed by atoms with Gasteiger partial charge in [0.05, 0.1) is 25.4 Å². The molecular weight excluding hydrogens is 1050 g/mol. The number of allylic oxidation sites excluding steroid dienone is 5. The lowest BCUT2D eigenvalue weighted by molar-refractivity contribution is -0.143. The van der Waals surface area contributed by atoms with Crippen molar-refractivity contribution in [1.29, 1.82) is 0 Å². The molecule has 6 nitrogen and oxygen atoms in total. The molecule has 0 heterocycles. The number of esters is 1. The maximum atomic E-state index is 12.5. The number of ether oxygens (including phenoxy) is 1. The third-order valence-corrected chi connectivity index (χ3v) is 18.4. The molecule has 0 bridgehead atoms. The molecule has 6 heteroatoms. The number of aliphatic hydroxyl groups excluding tert-OH is 2. The lowest BCUT2D eigenvalue weighted by Crippen LogP contribution is -2.45. The van der Waals surface area contributed by atoms with Crippen LogP contribution in [0.3, 0.4) is 0 Å². The van der Waals surface area contributed by atoms with Crippen molar-refractivity contribution in [3.05, 3.63) is 36.5 Å². The summed E-state index contributed by atoms with van der Waals surface area (Å²) in [6.07, 6.45) is 98.3. The van der Waals surface area contributed by atoms with Crippen LogP contribution in [0, 0.1) is 0 Å². The highest BCUT2D eigenvalue weighted by molar-refractivity contribution is 5.76. The molecule has 0 aliphatic carbocycles. The highest BCUT2D eigenvalue weighted by Crippen LogP contribution is 2.19. The Morgan fingerprint density at radius 2 is 0.581 bits per heavy atom. The monoisotopic (exact) mass is 1210 g/mol. The van der Waals surface area contributed by atoms with E-state index in [0.29, 0.717) is 19.4 Å². The van der Waals surface area contributed by atoms with E-state index in [0.717, 1.165) is 44.9 Å². The van der Waals surface area contributed by atoms with E-state index in [-0.39, 0.29) is 18.5 Å². The van der Waals surface area contributed by atoms with Gasteiger partial charge in [0.2, 0.25) is 5.91 Å². The molecule has 0 aliphatic heterocycles. The quantitative estimate of drug-likeness (QED) is 0.0320. The molecule has 0 aromatic heterocycles. The average molecular weight is 1210 g/mol. The van der Waals surface area contributed by atoms with Crippen LogP contribution >= 0.6 is 0 Å². The second-order valence-electron chi connectivity index (χ2n) is 27.0. The number of unbranched alkanes of at least 4 members (excludes halogenated alkanes) is 59. The second-order valence-corrected chi connectivity index (χ2v) is 27.0. The molecular formula is C80H153NO5. The predicted molar refractivity (Wildman–Crippen MR) is 379 cm³/mol. The van der Waals surface area contributed by atoms with Gasteiger partial charge in [-0.1, -0.05) is 397 Å². The number of carbonyl (C=O) groups excluding carboxylic acids is 2. The fourth-order valence-electron chi connectivity index (χ4n) is 12.4. The van der Waals surface area contributed by atoms with Crippen molar-refractivity contribution in [3.63, 3.8) is 0 Å². The van der Waals surface area contributed by atoms with Crippen LogP contribution in [-0.2, 0) is 14.3 Å². The Labute approximate surface area is 538 Å².